The van der Waals surface area contributed by atoms with Crippen molar-refractivity contribution in [2.75, 3.05) is 26.2 Å². The molecule has 12 heteroatoms. The van der Waals surface area contributed by atoms with E-state index in [2.05, 4.69) is 0 Å². The Morgan fingerprint density at radius 3 is 2.21 bits per heavy atom. The summed E-state index contributed by atoms with van der Waals surface area (Å²) in [6.07, 6.45) is -4.71. The highest BCUT2D eigenvalue weighted by Crippen LogP contribution is 2.48. The normalized spacial score (nSPS) is 16.9. The minimum atomic E-state index is -4.71. The Hall–Kier alpha value is -3.89. The van der Waals surface area contributed by atoms with Gasteiger partial charge in [-0.2, -0.15) is 13.2 Å². The molecule has 7 nitrogen and oxygen atoms in total. The van der Waals surface area contributed by atoms with E-state index in [0.717, 1.165) is 23.1 Å². The van der Waals surface area contributed by atoms with Crippen LogP contribution in [0.4, 0.5) is 18.9 Å². The molecule has 0 radical (unpaired) electrons. The van der Waals surface area contributed by atoms with Crippen LogP contribution >= 0.6 is 23.2 Å². The Morgan fingerprint density at radius 2 is 1.59 bits per heavy atom. The van der Waals surface area contributed by atoms with Gasteiger partial charge in [-0.15, -0.1) is 0 Å². The van der Waals surface area contributed by atoms with Gasteiger partial charge in [-0.05, 0) is 42.0 Å². The summed E-state index contributed by atoms with van der Waals surface area (Å²) in [6, 6.07) is 10.1. The molecule has 1 fully saturated rings. The number of ether oxygens (including phenoxy) is 3. The third-order valence-corrected chi connectivity index (χ3v) is 6.72. The molecule has 0 spiro atoms. The van der Waals surface area contributed by atoms with Crippen LogP contribution < -0.4 is 19.1 Å². The van der Waals surface area contributed by atoms with Gasteiger partial charge in [-0.25, -0.2) is 0 Å². The molecule has 0 bridgehead atoms. The molecule has 1 unspecified atom stereocenters. The molecule has 1 heterocycles. The van der Waals surface area contributed by atoms with Crippen LogP contribution in [0, 0.1) is 0 Å². The quantitative estimate of drug-likeness (QED) is 0.199. The number of Topliss-reactive ketones (excluding diaryl/α,β-unsaturated/α-hetero) is 1. The van der Waals surface area contributed by atoms with Crippen molar-refractivity contribution in [1.29, 1.82) is 0 Å². The predicted molar refractivity (Wildman–Crippen MR) is 139 cm³/mol. The van der Waals surface area contributed by atoms with Crippen LogP contribution in [-0.2, 0) is 15.8 Å². The number of aliphatic hydroxyl groups excluding tert-OH is 1. The Morgan fingerprint density at radius 1 is 0.923 bits per heavy atom. The van der Waals surface area contributed by atoms with Gasteiger partial charge in [0.15, 0.2) is 11.5 Å². The number of alkyl halides is 3. The van der Waals surface area contributed by atoms with Crippen LogP contribution in [0.5, 0.6) is 17.2 Å². The SMILES string of the molecule is COc1cccc(C2/C(=C(\O)c3cc(Cl)c(OC)c(Cl)c3OC)C(=O)C(=O)N2c2cccc(C(F)(F)F)c2)c1. The van der Waals surface area contributed by atoms with Crippen molar-refractivity contribution < 1.29 is 42.1 Å². The lowest BCUT2D eigenvalue weighted by Gasteiger charge is -2.26. The van der Waals surface area contributed by atoms with Crippen molar-refractivity contribution >= 4 is 46.3 Å². The maximum atomic E-state index is 13.5. The number of rotatable bonds is 6. The number of hydrogen-bond donors (Lipinski definition) is 1. The number of halogens is 5. The molecule has 204 valence electrons. The van der Waals surface area contributed by atoms with E-state index in [-0.39, 0.29) is 38.4 Å². The highest BCUT2D eigenvalue weighted by atomic mass is 35.5. The lowest BCUT2D eigenvalue weighted by Crippen LogP contribution is -2.29. The fourth-order valence-electron chi connectivity index (χ4n) is 4.35. The smallest absolute Gasteiger partial charge is 0.416 e. The van der Waals surface area contributed by atoms with E-state index in [4.69, 9.17) is 37.4 Å². The molecule has 1 atom stereocenters. The van der Waals surface area contributed by atoms with E-state index in [1.54, 1.807) is 12.1 Å². The maximum Gasteiger partial charge on any atom is 0.416 e. The van der Waals surface area contributed by atoms with Gasteiger partial charge in [0.25, 0.3) is 11.7 Å². The van der Waals surface area contributed by atoms with Gasteiger partial charge in [-0.1, -0.05) is 41.4 Å². The average molecular weight is 582 g/mol. The Balaban J connectivity index is 2.03. The van der Waals surface area contributed by atoms with E-state index in [9.17, 15) is 27.9 Å². The molecule has 4 rings (SSSR count). The maximum absolute atomic E-state index is 13.5. The van der Waals surface area contributed by atoms with Crippen LogP contribution in [0.15, 0.2) is 60.2 Å². The molecular weight excluding hydrogens is 562 g/mol. The lowest BCUT2D eigenvalue weighted by atomic mass is 9.94. The van der Waals surface area contributed by atoms with Gasteiger partial charge in [0.2, 0.25) is 0 Å². The topological polar surface area (TPSA) is 85.3 Å². The molecule has 0 aromatic heterocycles. The van der Waals surface area contributed by atoms with Gasteiger partial charge < -0.3 is 19.3 Å². The van der Waals surface area contributed by atoms with Crippen molar-refractivity contribution in [3.63, 3.8) is 0 Å². The lowest BCUT2D eigenvalue weighted by molar-refractivity contribution is -0.137. The van der Waals surface area contributed by atoms with Crippen molar-refractivity contribution in [3.05, 3.63) is 86.9 Å². The molecule has 0 saturated carbocycles. The summed E-state index contributed by atoms with van der Waals surface area (Å²) >= 11 is 12.6. The minimum absolute atomic E-state index is 0.0325. The Labute approximate surface area is 230 Å². The van der Waals surface area contributed by atoms with E-state index >= 15 is 0 Å². The Bertz CT molecular complexity index is 1510. The molecule has 1 N–H and O–H groups in total. The molecule has 3 aromatic rings. The summed E-state index contributed by atoms with van der Waals surface area (Å²) in [5.74, 6) is -2.74. The van der Waals surface area contributed by atoms with Crippen molar-refractivity contribution in [2.45, 2.75) is 12.2 Å². The van der Waals surface area contributed by atoms with Crippen molar-refractivity contribution in [2.24, 2.45) is 0 Å². The Kier molecular flexibility index (Phi) is 7.72. The second-order valence-corrected chi connectivity index (χ2v) is 9.07. The first-order valence-corrected chi connectivity index (χ1v) is 11.9. The highest BCUT2D eigenvalue weighted by Gasteiger charge is 2.48. The first-order valence-electron chi connectivity index (χ1n) is 11.2. The number of methoxy groups -OCH3 is 3. The monoisotopic (exact) mass is 581 g/mol. The molecular formula is C27H20Cl2F3NO6. The van der Waals surface area contributed by atoms with Crippen molar-refractivity contribution in [1.82, 2.24) is 0 Å². The zero-order valence-electron chi connectivity index (χ0n) is 20.6. The van der Waals surface area contributed by atoms with Crippen LogP contribution in [-0.4, -0.2) is 38.1 Å². The second kappa shape index (κ2) is 10.7. The summed E-state index contributed by atoms with van der Waals surface area (Å²) < 4.78 is 56.3. The molecule has 1 aliphatic heterocycles. The fourth-order valence-corrected chi connectivity index (χ4v) is 5.04. The van der Waals surface area contributed by atoms with E-state index in [1.807, 2.05) is 0 Å². The summed E-state index contributed by atoms with van der Waals surface area (Å²) in [5.41, 5.74) is -1.53. The van der Waals surface area contributed by atoms with Crippen LogP contribution in [0.2, 0.25) is 10.0 Å². The number of carbonyl (C=O) groups excluding carboxylic acids is 2. The fraction of sp³-hybridized carbons (Fsp3) is 0.185. The number of amides is 1. The van der Waals surface area contributed by atoms with Gasteiger partial charge in [0, 0.05) is 5.69 Å². The summed E-state index contributed by atoms with van der Waals surface area (Å²) in [6.45, 7) is 0. The van der Waals surface area contributed by atoms with Crippen molar-refractivity contribution in [3.8, 4) is 17.2 Å². The minimum Gasteiger partial charge on any atom is -0.507 e. The third kappa shape index (κ3) is 4.97. The molecule has 1 aliphatic rings. The molecule has 3 aromatic carbocycles. The highest BCUT2D eigenvalue weighted by molar-refractivity contribution is 6.52. The third-order valence-electron chi connectivity index (χ3n) is 6.10. The number of ketones is 1. The number of benzene rings is 3. The number of nitrogens with zero attached hydrogens (tertiary/aromatic N) is 1. The average Bonchev–Trinajstić information content (AvgIpc) is 3.18. The zero-order valence-corrected chi connectivity index (χ0v) is 22.1. The van der Waals surface area contributed by atoms with E-state index in [1.165, 1.54) is 45.6 Å². The molecule has 39 heavy (non-hydrogen) atoms. The van der Waals surface area contributed by atoms with Gasteiger partial charge in [-0.3, -0.25) is 14.5 Å². The largest absolute Gasteiger partial charge is 0.507 e. The zero-order chi connectivity index (χ0) is 28.6. The molecule has 1 amide bonds. The summed E-state index contributed by atoms with van der Waals surface area (Å²) in [7, 11) is 3.97. The van der Waals surface area contributed by atoms with Crippen LogP contribution in [0.1, 0.15) is 22.7 Å². The van der Waals surface area contributed by atoms with E-state index < -0.39 is 40.8 Å². The second-order valence-electron chi connectivity index (χ2n) is 8.28. The summed E-state index contributed by atoms with van der Waals surface area (Å²) in [4.78, 5) is 27.7. The summed E-state index contributed by atoms with van der Waals surface area (Å²) in [5, 5.41) is 11.3. The number of anilines is 1. The molecule has 1 saturated heterocycles. The van der Waals surface area contributed by atoms with Crippen LogP contribution in [0.25, 0.3) is 5.76 Å². The number of hydrogen-bond acceptors (Lipinski definition) is 6. The van der Waals surface area contributed by atoms with Gasteiger partial charge >= 0.3 is 6.18 Å². The van der Waals surface area contributed by atoms with Gasteiger partial charge in [0.1, 0.15) is 16.5 Å². The first kappa shape index (κ1) is 28.1. The standard InChI is InChI=1S/C27H20Cl2F3NO6/c1-37-16-9-4-6-13(10-16)21-19(22(34)17-12-18(28)25(39-3)20(29)24(17)38-2)23(35)26(36)33(21)15-8-5-7-14(11-15)27(30,31)32/h4-12,21,34H,1-3H3/b22-19+. The number of aliphatic hydroxyl groups is 1. The first-order chi connectivity index (χ1) is 18.4. The van der Waals surface area contributed by atoms with Gasteiger partial charge in [0.05, 0.1) is 49.1 Å². The van der Waals surface area contributed by atoms with Crippen LogP contribution in [0.3, 0.4) is 0 Å². The molecule has 0 aliphatic carbocycles. The van der Waals surface area contributed by atoms with E-state index in [0.29, 0.717) is 5.75 Å². The predicted octanol–water partition coefficient (Wildman–Crippen LogP) is 6.66. The number of carbonyl (C=O) groups is 2.